The van der Waals surface area contributed by atoms with Crippen molar-refractivity contribution >= 4 is 49.4 Å². The molecular weight excluding hydrogens is 1180 g/mol. The molecule has 88 heavy (non-hydrogen) atoms. The summed E-state index contributed by atoms with van der Waals surface area (Å²) in [5.74, 6) is -0.240. The van der Waals surface area contributed by atoms with E-state index < -0.39 is 48.9 Å². The number of sulfonamides is 2. The highest BCUT2D eigenvalue weighted by atomic mass is 35.5. The van der Waals surface area contributed by atoms with Crippen molar-refractivity contribution in [3.05, 3.63) is 321 Å². The number of nitrogens with zero attached hydrogens (tertiary/aromatic N) is 2. The smallest absolute Gasteiger partial charge is 0.434 e. The summed E-state index contributed by atoms with van der Waals surface area (Å²) in [7, 11) is -7.70. The van der Waals surface area contributed by atoms with Gasteiger partial charge in [-0.15, -0.1) is 0 Å². The second kappa shape index (κ2) is 29.7. The second-order valence-corrected chi connectivity index (χ2v) is 26.4. The van der Waals surface area contributed by atoms with Crippen LogP contribution in [0.5, 0.6) is 0 Å². The van der Waals surface area contributed by atoms with Crippen LogP contribution in [0, 0.1) is 0 Å². The highest BCUT2D eigenvalue weighted by molar-refractivity contribution is 7.89. The third kappa shape index (κ3) is 15.6. The maximum Gasteiger partial charge on any atom is 0.508 e. The summed E-state index contributed by atoms with van der Waals surface area (Å²) >= 11 is 12.2. The SMILES string of the molecule is O=C(OCCCCC(CS(=O)(=O)NCc1ccc(Cl)cc1)c1cnc(C(c2ccccc2)(c2ccccc2)c2ccccc2)[nH]1)OCCCCC(CS(=O)(=O)NCc1ccc(Cl)cc1)c1cnc(C(c2ccccc2)(c2ccccc2)c2ccccc2)[nH]1. The number of hydrogen-bond donors (Lipinski definition) is 4. The number of carbonyl (C=O) groups excluding carboxylic acids is 1. The molecule has 2 heterocycles. The molecule has 4 N–H and O–H groups in total. The van der Waals surface area contributed by atoms with Gasteiger partial charge in [-0.05, 0) is 107 Å². The standard InChI is InChI=1S/C71H70Cl2N6O7S2/c72-63-41-37-53(38-42-63)47-76-87(81,82)51-55(65-49-74-67(78-65)70(57-25-7-1-8-26-57,58-27-9-2-10-28-58)59-29-11-3-12-30-59)23-19-21-45-85-69(80)86-46-22-20-24-56(52-88(83,84)77-48-54-39-43-64(73)44-40-54)66-50-75-68(79-66)71(60-31-13-4-14-32-60,61-33-15-5-16-34-61)62-35-17-6-18-36-62/h1-18,25-44,49-50,55-56,76-77H,19-24,45-48,51-52H2,(H,74,78)(H,75,79). The predicted octanol–water partition coefficient (Wildman–Crippen LogP) is 14.8. The summed E-state index contributed by atoms with van der Waals surface area (Å²) < 4.78 is 72.7. The number of aromatic amines is 2. The van der Waals surface area contributed by atoms with Crippen molar-refractivity contribution < 1.29 is 31.1 Å². The Hall–Kier alpha value is -8.15. The highest BCUT2D eigenvalue weighted by Crippen LogP contribution is 2.46. The zero-order chi connectivity index (χ0) is 61.2. The fourth-order valence-electron chi connectivity index (χ4n) is 11.7. The Labute approximate surface area is 526 Å². The molecule has 13 nitrogen and oxygen atoms in total. The quantitative estimate of drug-likeness (QED) is 0.0193. The lowest BCUT2D eigenvalue weighted by atomic mass is 9.69. The molecule has 0 aliphatic heterocycles. The van der Waals surface area contributed by atoms with Gasteiger partial charge >= 0.3 is 6.16 Å². The molecule has 2 atom stereocenters. The van der Waals surface area contributed by atoms with E-state index in [4.69, 9.17) is 42.6 Å². The Bertz CT molecular complexity index is 3560. The van der Waals surface area contributed by atoms with Crippen LogP contribution in [0.3, 0.4) is 0 Å². The van der Waals surface area contributed by atoms with Gasteiger partial charge in [-0.3, -0.25) is 0 Å². The summed E-state index contributed by atoms with van der Waals surface area (Å²) in [6.45, 7) is 0.267. The molecule has 0 saturated carbocycles. The minimum Gasteiger partial charge on any atom is -0.434 e. The fraction of sp³-hybridized carbons (Fsp3) is 0.225. The summed E-state index contributed by atoms with van der Waals surface area (Å²) in [5, 5.41) is 1.11. The van der Waals surface area contributed by atoms with E-state index in [1.807, 2.05) is 109 Å². The van der Waals surface area contributed by atoms with E-state index in [-0.39, 0.29) is 37.8 Å². The molecule has 0 aliphatic carbocycles. The molecule has 10 rings (SSSR count). The Morgan fingerprint density at radius 1 is 0.420 bits per heavy atom. The van der Waals surface area contributed by atoms with E-state index in [2.05, 4.69) is 92.2 Å². The van der Waals surface area contributed by atoms with Gasteiger partial charge in [0.2, 0.25) is 20.0 Å². The molecule has 0 fully saturated rings. The number of hydrogen-bond acceptors (Lipinski definition) is 9. The van der Waals surface area contributed by atoms with Gasteiger partial charge in [0.25, 0.3) is 0 Å². The molecule has 17 heteroatoms. The number of ether oxygens (including phenoxy) is 2. The fourth-order valence-corrected chi connectivity index (χ4v) is 14.7. The van der Waals surface area contributed by atoms with Crippen molar-refractivity contribution in [1.82, 2.24) is 29.4 Å². The number of nitrogens with one attached hydrogen (secondary N) is 4. The first-order chi connectivity index (χ1) is 42.8. The molecule has 0 bridgehead atoms. The van der Waals surface area contributed by atoms with Crippen molar-refractivity contribution in [2.24, 2.45) is 0 Å². The van der Waals surface area contributed by atoms with Gasteiger partial charge in [0.15, 0.2) is 0 Å². The van der Waals surface area contributed by atoms with Crippen LogP contribution in [0.25, 0.3) is 0 Å². The van der Waals surface area contributed by atoms with Crippen LogP contribution in [0.4, 0.5) is 4.79 Å². The van der Waals surface area contributed by atoms with E-state index in [1.54, 1.807) is 60.9 Å². The molecule has 452 valence electrons. The monoisotopic (exact) mass is 1250 g/mol. The summed E-state index contributed by atoms with van der Waals surface area (Å²) in [5.41, 5.74) is 6.99. The van der Waals surface area contributed by atoms with Gasteiger partial charge in [-0.2, -0.15) is 0 Å². The number of aromatic nitrogens is 4. The van der Waals surface area contributed by atoms with E-state index in [1.165, 1.54) is 0 Å². The van der Waals surface area contributed by atoms with E-state index >= 15 is 0 Å². The van der Waals surface area contributed by atoms with Gasteiger partial charge in [0, 0.05) is 58.8 Å². The lowest BCUT2D eigenvalue weighted by Crippen LogP contribution is -2.32. The summed E-state index contributed by atoms with van der Waals surface area (Å²) in [6.07, 6.45) is 5.40. The number of imidazole rings is 2. The second-order valence-electron chi connectivity index (χ2n) is 21.9. The molecule has 0 amide bonds. The van der Waals surface area contributed by atoms with Crippen LogP contribution >= 0.6 is 23.2 Å². The van der Waals surface area contributed by atoms with Crippen molar-refractivity contribution in [1.29, 1.82) is 0 Å². The average molecular weight is 1250 g/mol. The minimum atomic E-state index is -3.85. The summed E-state index contributed by atoms with van der Waals surface area (Å²) in [4.78, 5) is 30.5. The van der Waals surface area contributed by atoms with Crippen LogP contribution in [0.15, 0.2) is 243 Å². The predicted molar refractivity (Wildman–Crippen MR) is 348 cm³/mol. The maximum atomic E-state index is 14.0. The normalized spacial score (nSPS) is 12.8. The molecule has 0 aliphatic rings. The lowest BCUT2D eigenvalue weighted by Gasteiger charge is -2.34. The molecule has 8 aromatic carbocycles. The van der Waals surface area contributed by atoms with Gasteiger partial charge in [0.05, 0.1) is 24.7 Å². The molecule has 2 aromatic heterocycles. The van der Waals surface area contributed by atoms with Crippen molar-refractivity contribution in [3.8, 4) is 0 Å². The number of halogens is 2. The number of rotatable bonds is 30. The van der Waals surface area contributed by atoms with Crippen molar-refractivity contribution in [2.75, 3.05) is 24.7 Å². The Morgan fingerprint density at radius 3 is 0.989 bits per heavy atom. The topological polar surface area (TPSA) is 185 Å². The van der Waals surface area contributed by atoms with E-state index in [0.29, 0.717) is 71.6 Å². The van der Waals surface area contributed by atoms with E-state index in [0.717, 1.165) is 44.5 Å². The molecule has 2 unspecified atom stereocenters. The number of benzene rings is 8. The van der Waals surface area contributed by atoms with Gasteiger partial charge in [0.1, 0.15) is 22.5 Å². The van der Waals surface area contributed by atoms with Crippen LogP contribution in [0.2, 0.25) is 10.0 Å². The first-order valence-corrected chi connectivity index (χ1v) is 33.6. The minimum absolute atomic E-state index is 0.0437. The first-order valence-electron chi connectivity index (χ1n) is 29.5. The number of unbranched alkanes of at least 4 members (excludes halogenated alkanes) is 2. The van der Waals surface area contributed by atoms with Crippen molar-refractivity contribution in [3.63, 3.8) is 0 Å². The van der Waals surface area contributed by atoms with Gasteiger partial charge < -0.3 is 19.4 Å². The maximum absolute atomic E-state index is 14.0. The van der Waals surface area contributed by atoms with E-state index in [9.17, 15) is 21.6 Å². The Balaban J connectivity index is 0.807. The molecular formula is C71H70Cl2N6O7S2. The van der Waals surface area contributed by atoms with Crippen LogP contribution in [0.1, 0.15) is 118 Å². The van der Waals surface area contributed by atoms with Crippen LogP contribution in [-0.4, -0.2) is 67.6 Å². The zero-order valence-electron chi connectivity index (χ0n) is 48.6. The Kier molecular flexibility index (Phi) is 21.2. The first kappa shape index (κ1) is 62.9. The van der Waals surface area contributed by atoms with Crippen LogP contribution in [-0.2, 0) is 53.4 Å². The van der Waals surface area contributed by atoms with Gasteiger partial charge in [-0.1, -0.05) is 229 Å². The lowest BCUT2D eigenvalue weighted by molar-refractivity contribution is 0.0528. The Morgan fingerprint density at radius 2 is 0.705 bits per heavy atom. The average Bonchev–Trinajstić information content (AvgIpc) is 1.69. The largest absolute Gasteiger partial charge is 0.508 e. The third-order valence-electron chi connectivity index (χ3n) is 16.0. The number of H-pyrrole nitrogens is 2. The molecule has 0 spiro atoms. The van der Waals surface area contributed by atoms with Crippen LogP contribution < -0.4 is 9.44 Å². The summed E-state index contributed by atoms with van der Waals surface area (Å²) in [6, 6.07) is 74.9. The molecule has 0 radical (unpaired) electrons. The number of carbonyl (C=O) groups is 1. The zero-order valence-corrected chi connectivity index (χ0v) is 51.7. The van der Waals surface area contributed by atoms with Crippen molar-refractivity contribution in [2.45, 2.75) is 74.3 Å². The molecule has 10 aromatic rings. The molecule has 0 saturated heterocycles. The van der Waals surface area contributed by atoms with Gasteiger partial charge in [-0.25, -0.2) is 41.0 Å². The third-order valence-corrected chi connectivity index (χ3v) is 19.4. The highest BCUT2D eigenvalue weighted by Gasteiger charge is 2.43.